The molecule has 0 aliphatic carbocycles. The highest BCUT2D eigenvalue weighted by atomic mass is 19.1. The highest BCUT2D eigenvalue weighted by Crippen LogP contribution is 2.12. The number of rotatable bonds is 4. The van der Waals surface area contributed by atoms with E-state index in [-0.39, 0.29) is 0 Å². The van der Waals surface area contributed by atoms with E-state index in [1.165, 1.54) is 4.90 Å². The van der Waals surface area contributed by atoms with Crippen LogP contribution >= 0.6 is 0 Å². The second kappa shape index (κ2) is 5.34. The van der Waals surface area contributed by atoms with Crippen molar-refractivity contribution in [1.29, 1.82) is 0 Å². The maximum absolute atomic E-state index is 12.2. The van der Waals surface area contributed by atoms with Gasteiger partial charge in [-0.05, 0) is 19.2 Å². The smallest absolute Gasteiger partial charge is 0.259 e. The lowest BCUT2D eigenvalue weighted by Crippen LogP contribution is -2.38. The van der Waals surface area contributed by atoms with Gasteiger partial charge in [-0.1, -0.05) is 18.2 Å². The van der Waals surface area contributed by atoms with Crippen LogP contribution in [-0.4, -0.2) is 26.3 Å². The number of hydrogen-bond acceptors (Lipinski definition) is 2. The molecule has 4 heteroatoms. The molecular weight excluding hydrogens is 183 g/mol. The SMILES string of the molecule is CNCN(C(=O)CF)c1ccccc1. The van der Waals surface area contributed by atoms with Gasteiger partial charge in [-0.15, -0.1) is 0 Å². The predicted octanol–water partition coefficient (Wildman–Crippen LogP) is 1.17. The lowest BCUT2D eigenvalue weighted by Gasteiger charge is -2.20. The van der Waals surface area contributed by atoms with Crippen molar-refractivity contribution in [2.75, 3.05) is 25.3 Å². The molecule has 0 aliphatic heterocycles. The van der Waals surface area contributed by atoms with Crippen molar-refractivity contribution >= 4 is 11.6 Å². The molecule has 0 bridgehead atoms. The van der Waals surface area contributed by atoms with Gasteiger partial charge >= 0.3 is 0 Å². The van der Waals surface area contributed by atoms with Crippen molar-refractivity contribution in [3.8, 4) is 0 Å². The van der Waals surface area contributed by atoms with E-state index < -0.39 is 12.6 Å². The summed E-state index contributed by atoms with van der Waals surface area (Å²) in [5.41, 5.74) is 0.699. The van der Waals surface area contributed by atoms with Crippen LogP contribution in [0.3, 0.4) is 0 Å². The van der Waals surface area contributed by atoms with Crippen molar-refractivity contribution in [2.45, 2.75) is 0 Å². The standard InChI is InChI=1S/C10H13FN2O/c1-12-8-13(10(14)7-11)9-5-3-2-4-6-9/h2-6,12H,7-8H2,1H3. The summed E-state index contributed by atoms with van der Waals surface area (Å²) in [7, 11) is 1.71. The lowest BCUT2D eigenvalue weighted by molar-refractivity contribution is -0.119. The molecule has 0 atom stereocenters. The summed E-state index contributed by atoms with van der Waals surface area (Å²) in [6.45, 7) is -0.663. The van der Waals surface area contributed by atoms with Crippen LogP contribution in [0.5, 0.6) is 0 Å². The summed E-state index contributed by atoms with van der Waals surface area (Å²) in [6, 6.07) is 9.00. The molecule has 0 fully saturated rings. The topological polar surface area (TPSA) is 32.3 Å². The van der Waals surface area contributed by atoms with Crippen LogP contribution < -0.4 is 10.2 Å². The number of para-hydroxylation sites is 1. The highest BCUT2D eigenvalue weighted by molar-refractivity contribution is 5.94. The first-order valence-corrected chi connectivity index (χ1v) is 4.35. The Morgan fingerprint density at radius 3 is 2.57 bits per heavy atom. The quantitative estimate of drug-likeness (QED) is 0.733. The minimum absolute atomic E-state index is 0.312. The Hall–Kier alpha value is -1.42. The van der Waals surface area contributed by atoms with Crippen LogP contribution in [0.15, 0.2) is 30.3 Å². The summed E-state index contributed by atoms with van der Waals surface area (Å²) in [5, 5.41) is 2.82. The van der Waals surface area contributed by atoms with Crippen LogP contribution in [0.2, 0.25) is 0 Å². The zero-order chi connectivity index (χ0) is 10.4. The number of nitrogens with one attached hydrogen (secondary N) is 1. The predicted molar refractivity (Wildman–Crippen MR) is 53.8 cm³/mol. The van der Waals surface area contributed by atoms with Gasteiger partial charge in [0.25, 0.3) is 5.91 Å². The largest absolute Gasteiger partial charge is 0.303 e. The van der Waals surface area contributed by atoms with E-state index in [0.29, 0.717) is 12.4 Å². The van der Waals surface area contributed by atoms with E-state index in [9.17, 15) is 9.18 Å². The normalized spacial score (nSPS) is 9.86. The number of carbonyl (C=O) groups excluding carboxylic acids is 1. The van der Waals surface area contributed by atoms with Gasteiger partial charge in [-0.2, -0.15) is 0 Å². The molecule has 1 aromatic rings. The van der Waals surface area contributed by atoms with Crippen LogP contribution in [-0.2, 0) is 4.79 Å². The van der Waals surface area contributed by atoms with Gasteiger partial charge in [0, 0.05) is 5.69 Å². The van der Waals surface area contributed by atoms with Gasteiger partial charge in [0.05, 0.1) is 6.67 Å². The number of amides is 1. The Bertz CT molecular complexity index is 289. The van der Waals surface area contributed by atoms with E-state index in [4.69, 9.17) is 0 Å². The van der Waals surface area contributed by atoms with Crippen molar-refractivity contribution < 1.29 is 9.18 Å². The summed E-state index contributed by atoms with van der Waals surface area (Å²) < 4.78 is 12.2. The van der Waals surface area contributed by atoms with Crippen molar-refractivity contribution in [1.82, 2.24) is 5.32 Å². The Morgan fingerprint density at radius 2 is 2.07 bits per heavy atom. The van der Waals surface area contributed by atoms with Crippen molar-refractivity contribution in [3.05, 3.63) is 30.3 Å². The molecule has 0 spiro atoms. The number of hydrogen-bond donors (Lipinski definition) is 1. The van der Waals surface area contributed by atoms with Crippen LogP contribution in [0.4, 0.5) is 10.1 Å². The highest BCUT2D eigenvalue weighted by Gasteiger charge is 2.13. The molecule has 0 heterocycles. The average Bonchev–Trinajstić information content (AvgIpc) is 2.26. The molecule has 1 rings (SSSR count). The number of anilines is 1. The molecule has 3 nitrogen and oxygen atoms in total. The zero-order valence-corrected chi connectivity index (χ0v) is 8.03. The molecule has 1 N–H and O–H groups in total. The molecule has 0 radical (unpaired) electrons. The summed E-state index contributed by atoms with van der Waals surface area (Å²) in [4.78, 5) is 12.6. The molecule has 0 aliphatic rings. The summed E-state index contributed by atoms with van der Waals surface area (Å²) >= 11 is 0. The number of carbonyl (C=O) groups is 1. The monoisotopic (exact) mass is 196 g/mol. The van der Waals surface area contributed by atoms with Crippen molar-refractivity contribution in [3.63, 3.8) is 0 Å². The maximum atomic E-state index is 12.2. The average molecular weight is 196 g/mol. The fourth-order valence-electron chi connectivity index (χ4n) is 1.16. The number of halogens is 1. The van der Waals surface area contributed by atoms with E-state index in [2.05, 4.69) is 5.32 Å². The van der Waals surface area contributed by atoms with Gasteiger partial charge in [0.1, 0.15) is 0 Å². The Labute approximate surface area is 82.5 Å². The molecule has 0 unspecified atom stereocenters. The Balaban J connectivity index is 2.83. The first kappa shape index (κ1) is 10.7. The molecule has 0 aromatic heterocycles. The number of nitrogens with zero attached hydrogens (tertiary/aromatic N) is 1. The third kappa shape index (κ3) is 2.53. The van der Waals surface area contributed by atoms with Gasteiger partial charge in [0.15, 0.2) is 6.67 Å². The summed E-state index contributed by atoms with van der Waals surface area (Å²) in [6.07, 6.45) is 0. The second-order valence-electron chi connectivity index (χ2n) is 2.80. The van der Waals surface area contributed by atoms with E-state index >= 15 is 0 Å². The molecule has 0 saturated carbocycles. The van der Waals surface area contributed by atoms with E-state index in [1.54, 1.807) is 19.2 Å². The molecule has 1 amide bonds. The molecule has 0 saturated heterocycles. The van der Waals surface area contributed by atoms with Crippen LogP contribution in [0, 0.1) is 0 Å². The molecule has 1 aromatic carbocycles. The van der Waals surface area contributed by atoms with E-state index in [1.807, 2.05) is 18.2 Å². The third-order valence-electron chi connectivity index (χ3n) is 1.80. The van der Waals surface area contributed by atoms with Gasteiger partial charge < -0.3 is 5.32 Å². The first-order valence-electron chi connectivity index (χ1n) is 4.35. The van der Waals surface area contributed by atoms with Crippen LogP contribution in [0.1, 0.15) is 0 Å². The second-order valence-corrected chi connectivity index (χ2v) is 2.80. The van der Waals surface area contributed by atoms with E-state index in [0.717, 1.165) is 0 Å². The molecule has 14 heavy (non-hydrogen) atoms. The van der Waals surface area contributed by atoms with Gasteiger partial charge in [-0.25, -0.2) is 4.39 Å². The van der Waals surface area contributed by atoms with Crippen LogP contribution in [0.25, 0.3) is 0 Å². The fraction of sp³-hybridized carbons (Fsp3) is 0.300. The Kier molecular flexibility index (Phi) is 4.07. The first-order chi connectivity index (χ1) is 6.79. The Morgan fingerprint density at radius 1 is 1.43 bits per heavy atom. The minimum atomic E-state index is -0.976. The van der Waals surface area contributed by atoms with Gasteiger partial charge in [-0.3, -0.25) is 9.69 Å². The minimum Gasteiger partial charge on any atom is -0.303 e. The van der Waals surface area contributed by atoms with Gasteiger partial charge in [0.2, 0.25) is 0 Å². The molecule has 76 valence electrons. The number of alkyl halides is 1. The lowest BCUT2D eigenvalue weighted by atomic mass is 10.3. The maximum Gasteiger partial charge on any atom is 0.259 e. The van der Waals surface area contributed by atoms with Crippen molar-refractivity contribution in [2.24, 2.45) is 0 Å². The summed E-state index contributed by atoms with van der Waals surface area (Å²) in [5.74, 6) is -0.537. The third-order valence-corrected chi connectivity index (χ3v) is 1.80. The zero-order valence-electron chi connectivity index (χ0n) is 8.03. The molecular formula is C10H13FN2O. The fourth-order valence-corrected chi connectivity index (χ4v) is 1.16. The number of benzene rings is 1.